The molecule has 0 spiro atoms. The summed E-state index contributed by atoms with van der Waals surface area (Å²) < 4.78 is 13.1. The quantitative estimate of drug-likeness (QED) is 0.862. The summed E-state index contributed by atoms with van der Waals surface area (Å²) in [6.45, 7) is 4.46. The monoisotopic (exact) mass is 346 g/mol. The van der Waals surface area contributed by atoms with Crippen LogP contribution in [0.15, 0.2) is 30.3 Å². The van der Waals surface area contributed by atoms with Gasteiger partial charge in [-0.2, -0.15) is 5.10 Å². The van der Waals surface area contributed by atoms with E-state index in [1.807, 2.05) is 6.92 Å². The zero-order valence-electron chi connectivity index (χ0n) is 14.3. The van der Waals surface area contributed by atoms with E-state index < -0.39 is 0 Å². The van der Waals surface area contributed by atoms with Gasteiger partial charge < -0.3 is 10.0 Å². The van der Waals surface area contributed by atoms with Crippen molar-refractivity contribution in [1.82, 2.24) is 20.0 Å². The van der Waals surface area contributed by atoms with E-state index in [1.54, 1.807) is 23.1 Å². The second kappa shape index (κ2) is 7.76. The minimum absolute atomic E-state index is 0.0628. The topological polar surface area (TPSA) is 72.5 Å². The molecule has 1 fully saturated rings. The van der Waals surface area contributed by atoms with E-state index in [4.69, 9.17) is 0 Å². The Bertz CT molecular complexity index is 716. The Morgan fingerprint density at radius 2 is 2.12 bits per heavy atom. The van der Waals surface area contributed by atoms with E-state index in [0.29, 0.717) is 38.3 Å². The summed E-state index contributed by atoms with van der Waals surface area (Å²) in [7, 11) is 0. The molecule has 1 aliphatic rings. The van der Waals surface area contributed by atoms with E-state index in [2.05, 4.69) is 15.1 Å². The minimum atomic E-state index is -0.250. The van der Waals surface area contributed by atoms with Gasteiger partial charge in [0, 0.05) is 44.5 Å². The van der Waals surface area contributed by atoms with Crippen LogP contribution in [0.4, 0.5) is 4.39 Å². The van der Waals surface area contributed by atoms with E-state index in [-0.39, 0.29) is 24.4 Å². The summed E-state index contributed by atoms with van der Waals surface area (Å²) in [4.78, 5) is 16.6. The number of aliphatic hydroxyl groups excluding tert-OH is 1. The Hall–Kier alpha value is -2.25. The summed E-state index contributed by atoms with van der Waals surface area (Å²) in [6, 6.07) is 8.26. The highest BCUT2D eigenvalue weighted by atomic mass is 19.1. The van der Waals surface area contributed by atoms with Crippen LogP contribution >= 0.6 is 0 Å². The average molecular weight is 346 g/mol. The van der Waals surface area contributed by atoms with Crippen molar-refractivity contribution in [2.24, 2.45) is 0 Å². The number of aryl methyl sites for hydroxylation is 1. The van der Waals surface area contributed by atoms with Gasteiger partial charge in [-0.3, -0.25) is 14.8 Å². The molecule has 3 rings (SSSR count). The summed E-state index contributed by atoms with van der Waals surface area (Å²) in [5.41, 5.74) is 2.30. The molecule has 2 N–H and O–H groups in total. The largest absolute Gasteiger partial charge is 0.396 e. The van der Waals surface area contributed by atoms with Gasteiger partial charge in [-0.1, -0.05) is 12.1 Å². The Morgan fingerprint density at radius 3 is 2.76 bits per heavy atom. The number of H-pyrrole nitrogens is 1. The van der Waals surface area contributed by atoms with Gasteiger partial charge >= 0.3 is 0 Å². The second-order valence-corrected chi connectivity index (χ2v) is 6.45. The molecule has 0 aliphatic carbocycles. The van der Waals surface area contributed by atoms with Crippen LogP contribution < -0.4 is 0 Å². The fraction of sp³-hybridized carbons (Fsp3) is 0.444. The molecular formula is C18H23FN4O2. The van der Waals surface area contributed by atoms with Gasteiger partial charge in [0.05, 0.1) is 0 Å². The third-order valence-corrected chi connectivity index (χ3v) is 4.58. The lowest BCUT2D eigenvalue weighted by Gasteiger charge is -2.41. The third-order valence-electron chi connectivity index (χ3n) is 4.58. The number of hydrogen-bond donors (Lipinski definition) is 2. The summed E-state index contributed by atoms with van der Waals surface area (Å²) in [6.07, 6.45) is 0.588. The lowest BCUT2D eigenvalue weighted by molar-refractivity contribution is 0.0391. The highest BCUT2D eigenvalue weighted by Crippen LogP contribution is 2.18. The number of hydrogen-bond acceptors (Lipinski definition) is 4. The number of piperazine rings is 1. The Balaban J connectivity index is 1.67. The summed E-state index contributed by atoms with van der Waals surface area (Å²) >= 11 is 0. The normalized spacial score (nSPS) is 18.5. The number of aromatic amines is 1. The molecule has 1 aromatic carbocycles. The molecule has 2 heterocycles. The SMILES string of the molecule is Cc1cc(C(=O)N2CCN(Cc3ccc(F)cc3)C(CCO)C2)n[nH]1. The molecule has 1 aliphatic heterocycles. The predicted octanol–water partition coefficient (Wildman–Crippen LogP) is 1.57. The van der Waals surface area contributed by atoms with Crippen LogP contribution in [-0.4, -0.2) is 63.3 Å². The number of rotatable bonds is 5. The zero-order chi connectivity index (χ0) is 17.8. The van der Waals surface area contributed by atoms with E-state index in [1.165, 1.54) is 12.1 Å². The molecular weight excluding hydrogens is 323 g/mol. The molecule has 1 atom stereocenters. The van der Waals surface area contributed by atoms with Crippen molar-refractivity contribution < 1.29 is 14.3 Å². The fourth-order valence-corrected chi connectivity index (χ4v) is 3.22. The number of nitrogens with one attached hydrogen (secondary N) is 1. The van der Waals surface area contributed by atoms with Crippen molar-refractivity contribution in [1.29, 1.82) is 0 Å². The second-order valence-electron chi connectivity index (χ2n) is 6.45. The molecule has 7 heteroatoms. The number of amides is 1. The standard InChI is InChI=1S/C18H23FN4O2/c1-13-10-17(21-20-13)18(25)23-8-7-22(16(12-23)6-9-24)11-14-2-4-15(19)5-3-14/h2-5,10,16,24H,6-9,11-12H2,1H3,(H,20,21). The van der Waals surface area contributed by atoms with E-state index in [0.717, 1.165) is 11.3 Å². The number of aliphatic hydroxyl groups is 1. The number of aromatic nitrogens is 2. The zero-order valence-corrected chi connectivity index (χ0v) is 14.3. The number of nitrogens with zero attached hydrogens (tertiary/aromatic N) is 3. The van der Waals surface area contributed by atoms with Crippen molar-refractivity contribution in [2.45, 2.75) is 25.9 Å². The number of carbonyl (C=O) groups is 1. The summed E-state index contributed by atoms with van der Waals surface area (Å²) in [5, 5.41) is 16.2. The van der Waals surface area contributed by atoms with Gasteiger partial charge in [0.15, 0.2) is 0 Å². The highest BCUT2D eigenvalue weighted by Gasteiger charge is 2.30. The summed E-state index contributed by atoms with van der Waals surface area (Å²) in [5.74, 6) is -0.339. The first kappa shape index (κ1) is 17.6. The van der Waals surface area contributed by atoms with Crippen LogP contribution in [0.3, 0.4) is 0 Å². The molecule has 1 saturated heterocycles. The van der Waals surface area contributed by atoms with Crippen molar-refractivity contribution in [2.75, 3.05) is 26.2 Å². The van der Waals surface area contributed by atoms with Crippen molar-refractivity contribution in [3.8, 4) is 0 Å². The van der Waals surface area contributed by atoms with Crippen molar-refractivity contribution in [3.63, 3.8) is 0 Å². The molecule has 2 aromatic rings. The molecule has 1 unspecified atom stereocenters. The Labute approximate surface area is 146 Å². The van der Waals surface area contributed by atoms with Crippen molar-refractivity contribution in [3.05, 3.63) is 53.1 Å². The van der Waals surface area contributed by atoms with Gasteiger partial charge in [0.2, 0.25) is 0 Å². The average Bonchev–Trinajstić information content (AvgIpc) is 3.04. The van der Waals surface area contributed by atoms with Crippen LogP contribution in [0.5, 0.6) is 0 Å². The van der Waals surface area contributed by atoms with Gasteiger partial charge in [0.1, 0.15) is 11.5 Å². The lowest BCUT2D eigenvalue weighted by Crippen LogP contribution is -2.54. The van der Waals surface area contributed by atoms with Crippen molar-refractivity contribution >= 4 is 5.91 Å². The molecule has 1 amide bonds. The fourth-order valence-electron chi connectivity index (χ4n) is 3.22. The lowest BCUT2D eigenvalue weighted by atomic mass is 10.1. The van der Waals surface area contributed by atoms with Crippen LogP contribution in [0.1, 0.15) is 28.2 Å². The van der Waals surface area contributed by atoms with Gasteiger partial charge in [-0.25, -0.2) is 4.39 Å². The van der Waals surface area contributed by atoms with Gasteiger partial charge in [-0.05, 0) is 37.1 Å². The molecule has 25 heavy (non-hydrogen) atoms. The van der Waals surface area contributed by atoms with Crippen LogP contribution in [-0.2, 0) is 6.54 Å². The Kier molecular flexibility index (Phi) is 5.45. The minimum Gasteiger partial charge on any atom is -0.396 e. The molecule has 134 valence electrons. The molecule has 0 saturated carbocycles. The molecule has 0 bridgehead atoms. The van der Waals surface area contributed by atoms with Crippen LogP contribution in [0, 0.1) is 12.7 Å². The van der Waals surface area contributed by atoms with Crippen LogP contribution in [0.2, 0.25) is 0 Å². The highest BCUT2D eigenvalue weighted by molar-refractivity contribution is 5.92. The first-order chi connectivity index (χ1) is 12.1. The maximum atomic E-state index is 13.1. The molecule has 6 nitrogen and oxygen atoms in total. The Morgan fingerprint density at radius 1 is 1.36 bits per heavy atom. The van der Waals surface area contributed by atoms with Gasteiger partial charge in [-0.15, -0.1) is 0 Å². The number of halogens is 1. The van der Waals surface area contributed by atoms with Gasteiger partial charge in [0.25, 0.3) is 5.91 Å². The molecule has 0 radical (unpaired) electrons. The molecule has 1 aromatic heterocycles. The maximum absolute atomic E-state index is 13.1. The third kappa shape index (κ3) is 4.24. The van der Waals surface area contributed by atoms with Crippen LogP contribution in [0.25, 0.3) is 0 Å². The van der Waals surface area contributed by atoms with E-state index >= 15 is 0 Å². The number of carbonyl (C=O) groups excluding carboxylic acids is 1. The predicted molar refractivity (Wildman–Crippen MR) is 91.5 cm³/mol. The first-order valence-corrected chi connectivity index (χ1v) is 8.47. The number of benzene rings is 1. The van der Waals surface area contributed by atoms with E-state index in [9.17, 15) is 14.3 Å². The maximum Gasteiger partial charge on any atom is 0.274 e. The smallest absolute Gasteiger partial charge is 0.274 e. The first-order valence-electron chi connectivity index (χ1n) is 8.47.